The maximum Gasteiger partial charge on any atom is 0.222 e. The van der Waals surface area contributed by atoms with Gasteiger partial charge in [0, 0.05) is 32.1 Å². The molecule has 0 bridgehead atoms. The van der Waals surface area contributed by atoms with E-state index in [0.717, 1.165) is 58.0 Å². The molecule has 0 aliphatic carbocycles. The fourth-order valence-electron chi connectivity index (χ4n) is 3.35. The van der Waals surface area contributed by atoms with Crippen molar-refractivity contribution in [1.29, 1.82) is 0 Å². The lowest BCUT2D eigenvalue weighted by Gasteiger charge is -2.39. The summed E-state index contributed by atoms with van der Waals surface area (Å²) >= 11 is 0. The van der Waals surface area contributed by atoms with Crippen molar-refractivity contribution in [3.05, 3.63) is 0 Å². The van der Waals surface area contributed by atoms with Crippen molar-refractivity contribution in [1.82, 2.24) is 15.1 Å². The first-order valence-electron chi connectivity index (χ1n) is 7.93. The van der Waals surface area contributed by atoms with E-state index in [-0.39, 0.29) is 0 Å². The fourth-order valence-corrected chi connectivity index (χ4v) is 3.35. The Kier molecular flexibility index (Phi) is 5.64. The number of likely N-dealkylation sites (N-methyl/N-ethyl adjacent to an activating group) is 1. The molecule has 0 radical (unpaired) electrons. The minimum absolute atomic E-state index is 0.376. The highest BCUT2D eigenvalue weighted by Gasteiger charge is 2.25. The number of amides is 1. The van der Waals surface area contributed by atoms with Crippen molar-refractivity contribution in [2.24, 2.45) is 5.92 Å². The van der Waals surface area contributed by atoms with Crippen molar-refractivity contribution in [3.8, 4) is 0 Å². The van der Waals surface area contributed by atoms with E-state index in [1.165, 1.54) is 12.8 Å². The van der Waals surface area contributed by atoms with Gasteiger partial charge in [0.25, 0.3) is 0 Å². The zero-order valence-electron chi connectivity index (χ0n) is 12.5. The summed E-state index contributed by atoms with van der Waals surface area (Å²) in [6.45, 7) is 10.7. The van der Waals surface area contributed by atoms with Crippen LogP contribution in [0, 0.1) is 5.92 Å². The minimum atomic E-state index is 0.376. The van der Waals surface area contributed by atoms with Crippen molar-refractivity contribution < 1.29 is 4.79 Å². The number of hydrogen-bond acceptors (Lipinski definition) is 3. The Morgan fingerprint density at radius 1 is 1.26 bits per heavy atom. The number of carbonyl (C=O) groups excluding carboxylic acids is 1. The van der Waals surface area contributed by atoms with E-state index in [9.17, 15) is 4.79 Å². The standard InChI is InChI=1S/C15H29N3O/c1-3-17-10-11-18(12-13(17)2)15(19)5-4-14-6-8-16-9-7-14/h13-14,16H,3-12H2,1-2H3. The SMILES string of the molecule is CCN1CCN(C(=O)CCC2CCNCC2)CC1C. The molecular weight excluding hydrogens is 238 g/mol. The fraction of sp³-hybridized carbons (Fsp3) is 0.933. The number of piperidine rings is 1. The molecular formula is C15H29N3O. The van der Waals surface area contributed by atoms with E-state index in [1.807, 2.05) is 0 Å². The van der Waals surface area contributed by atoms with Crippen LogP contribution < -0.4 is 5.32 Å². The summed E-state index contributed by atoms with van der Waals surface area (Å²) in [7, 11) is 0. The van der Waals surface area contributed by atoms with Crippen LogP contribution in [0.15, 0.2) is 0 Å². The van der Waals surface area contributed by atoms with Gasteiger partial charge in [-0.2, -0.15) is 0 Å². The summed E-state index contributed by atoms with van der Waals surface area (Å²) in [6.07, 6.45) is 4.33. The molecule has 2 saturated heterocycles. The largest absolute Gasteiger partial charge is 0.340 e. The van der Waals surface area contributed by atoms with Crippen LogP contribution >= 0.6 is 0 Å². The van der Waals surface area contributed by atoms with Gasteiger partial charge in [-0.3, -0.25) is 9.69 Å². The van der Waals surface area contributed by atoms with E-state index in [2.05, 4.69) is 29.0 Å². The molecule has 110 valence electrons. The van der Waals surface area contributed by atoms with Gasteiger partial charge in [0.2, 0.25) is 5.91 Å². The molecule has 1 N–H and O–H groups in total. The van der Waals surface area contributed by atoms with Gasteiger partial charge in [-0.25, -0.2) is 0 Å². The molecule has 2 fully saturated rings. The first kappa shape index (κ1) is 14.8. The topological polar surface area (TPSA) is 35.6 Å². The lowest BCUT2D eigenvalue weighted by molar-refractivity contribution is -0.134. The molecule has 0 aromatic rings. The van der Waals surface area contributed by atoms with E-state index in [4.69, 9.17) is 0 Å². The summed E-state index contributed by atoms with van der Waals surface area (Å²) in [6, 6.07) is 0.515. The lowest BCUT2D eigenvalue weighted by atomic mass is 9.93. The molecule has 2 rings (SSSR count). The van der Waals surface area contributed by atoms with E-state index in [1.54, 1.807) is 0 Å². The summed E-state index contributed by atoms with van der Waals surface area (Å²) in [4.78, 5) is 16.8. The predicted octanol–water partition coefficient (Wildman–Crippen LogP) is 1.32. The third-order valence-electron chi connectivity index (χ3n) is 4.75. The molecule has 19 heavy (non-hydrogen) atoms. The predicted molar refractivity (Wildman–Crippen MR) is 78.1 cm³/mol. The minimum Gasteiger partial charge on any atom is -0.340 e. The van der Waals surface area contributed by atoms with Crippen molar-refractivity contribution in [2.45, 2.75) is 45.6 Å². The Morgan fingerprint density at radius 2 is 2.00 bits per heavy atom. The lowest BCUT2D eigenvalue weighted by Crippen LogP contribution is -2.53. The zero-order valence-corrected chi connectivity index (χ0v) is 12.5. The molecule has 2 aliphatic heterocycles. The maximum absolute atomic E-state index is 12.3. The normalized spacial score (nSPS) is 26.6. The first-order chi connectivity index (χ1) is 9.20. The number of nitrogens with one attached hydrogen (secondary N) is 1. The third kappa shape index (κ3) is 4.18. The molecule has 0 aromatic carbocycles. The summed E-state index contributed by atoms with van der Waals surface area (Å²) in [5.74, 6) is 1.14. The zero-order chi connectivity index (χ0) is 13.7. The molecule has 2 aliphatic rings. The molecule has 4 nitrogen and oxygen atoms in total. The smallest absolute Gasteiger partial charge is 0.222 e. The molecule has 2 heterocycles. The average molecular weight is 267 g/mol. The van der Waals surface area contributed by atoms with Crippen molar-refractivity contribution >= 4 is 5.91 Å². The molecule has 1 amide bonds. The summed E-state index contributed by atoms with van der Waals surface area (Å²) in [5, 5.41) is 3.38. The van der Waals surface area contributed by atoms with E-state index < -0.39 is 0 Å². The van der Waals surface area contributed by atoms with Gasteiger partial charge in [0.05, 0.1) is 0 Å². The van der Waals surface area contributed by atoms with Crippen LogP contribution in [0.5, 0.6) is 0 Å². The Labute approximate surface area is 117 Å². The number of piperazine rings is 1. The number of rotatable bonds is 4. The van der Waals surface area contributed by atoms with Crippen molar-refractivity contribution in [2.75, 3.05) is 39.3 Å². The van der Waals surface area contributed by atoms with Crippen LogP contribution in [0.25, 0.3) is 0 Å². The van der Waals surface area contributed by atoms with Crippen LogP contribution in [0.4, 0.5) is 0 Å². The summed E-state index contributed by atoms with van der Waals surface area (Å²) in [5.41, 5.74) is 0. The highest BCUT2D eigenvalue weighted by atomic mass is 16.2. The van der Waals surface area contributed by atoms with Gasteiger partial charge in [-0.15, -0.1) is 0 Å². The van der Waals surface area contributed by atoms with Crippen LogP contribution in [0.2, 0.25) is 0 Å². The molecule has 0 saturated carbocycles. The molecule has 0 spiro atoms. The third-order valence-corrected chi connectivity index (χ3v) is 4.75. The van der Waals surface area contributed by atoms with Crippen LogP contribution in [-0.4, -0.2) is 61.0 Å². The van der Waals surface area contributed by atoms with Crippen LogP contribution in [-0.2, 0) is 4.79 Å². The van der Waals surface area contributed by atoms with Crippen LogP contribution in [0.3, 0.4) is 0 Å². The van der Waals surface area contributed by atoms with Gasteiger partial charge in [-0.1, -0.05) is 6.92 Å². The number of carbonyl (C=O) groups is 1. The Bertz CT molecular complexity index is 289. The Balaban J connectivity index is 1.71. The monoisotopic (exact) mass is 267 g/mol. The van der Waals surface area contributed by atoms with Gasteiger partial charge in [-0.05, 0) is 51.7 Å². The second kappa shape index (κ2) is 7.25. The van der Waals surface area contributed by atoms with Gasteiger partial charge < -0.3 is 10.2 Å². The maximum atomic E-state index is 12.3. The van der Waals surface area contributed by atoms with Gasteiger partial charge in [0.1, 0.15) is 0 Å². The van der Waals surface area contributed by atoms with Crippen LogP contribution in [0.1, 0.15) is 39.5 Å². The Hall–Kier alpha value is -0.610. The highest BCUT2D eigenvalue weighted by Crippen LogP contribution is 2.19. The number of nitrogens with zero attached hydrogens (tertiary/aromatic N) is 2. The van der Waals surface area contributed by atoms with Gasteiger partial charge >= 0.3 is 0 Å². The van der Waals surface area contributed by atoms with E-state index >= 15 is 0 Å². The Morgan fingerprint density at radius 3 is 2.63 bits per heavy atom. The second-order valence-electron chi connectivity index (χ2n) is 6.05. The molecule has 1 unspecified atom stereocenters. The first-order valence-corrected chi connectivity index (χ1v) is 7.93. The molecule has 1 atom stereocenters. The summed E-state index contributed by atoms with van der Waals surface area (Å²) < 4.78 is 0. The molecule has 4 heteroatoms. The average Bonchev–Trinajstić information content (AvgIpc) is 2.45. The second-order valence-corrected chi connectivity index (χ2v) is 6.05. The molecule has 0 aromatic heterocycles. The van der Waals surface area contributed by atoms with Crippen molar-refractivity contribution in [3.63, 3.8) is 0 Å². The van der Waals surface area contributed by atoms with Gasteiger partial charge in [0.15, 0.2) is 0 Å². The highest BCUT2D eigenvalue weighted by molar-refractivity contribution is 5.76. The quantitative estimate of drug-likeness (QED) is 0.834. The van der Waals surface area contributed by atoms with E-state index in [0.29, 0.717) is 11.9 Å². The number of hydrogen-bond donors (Lipinski definition) is 1.